The van der Waals surface area contributed by atoms with Gasteiger partial charge in [-0.25, -0.2) is 9.37 Å². The van der Waals surface area contributed by atoms with Crippen LogP contribution in [0.5, 0.6) is 0 Å². The highest BCUT2D eigenvalue weighted by atomic mass is 127. The molecule has 1 aromatic heterocycles. The largest absolute Gasteiger partial charge is 0.307 e. The summed E-state index contributed by atoms with van der Waals surface area (Å²) in [4.78, 5) is 4.27. The maximum Gasteiger partial charge on any atom is 0.159 e. The first kappa shape index (κ1) is 13.4. The van der Waals surface area contributed by atoms with Crippen LogP contribution in [0.3, 0.4) is 0 Å². The van der Waals surface area contributed by atoms with E-state index in [0.717, 1.165) is 18.7 Å². The number of hydrogen-bond acceptors (Lipinski definition) is 3. The SMILES string of the molecule is Fc1cc(I)cc(CNCc2csc(Br)n2)c1. The predicted molar refractivity (Wildman–Crippen MR) is 79.5 cm³/mol. The Balaban J connectivity index is 1.89. The molecule has 0 saturated carbocycles. The van der Waals surface area contributed by atoms with Crippen molar-refractivity contribution < 1.29 is 4.39 Å². The van der Waals surface area contributed by atoms with Gasteiger partial charge in [-0.1, -0.05) is 0 Å². The maximum absolute atomic E-state index is 13.1. The van der Waals surface area contributed by atoms with Gasteiger partial charge in [0.2, 0.25) is 0 Å². The van der Waals surface area contributed by atoms with Gasteiger partial charge in [-0.2, -0.15) is 0 Å². The van der Waals surface area contributed by atoms with Crippen LogP contribution in [0.2, 0.25) is 0 Å². The van der Waals surface area contributed by atoms with Crippen LogP contribution in [0.15, 0.2) is 27.5 Å². The van der Waals surface area contributed by atoms with E-state index in [2.05, 4.69) is 48.8 Å². The second-order valence-electron chi connectivity index (χ2n) is 3.47. The molecule has 0 atom stereocenters. The fourth-order valence-corrected chi connectivity index (χ4v) is 3.16. The molecule has 1 aromatic carbocycles. The van der Waals surface area contributed by atoms with Gasteiger partial charge in [0, 0.05) is 22.0 Å². The topological polar surface area (TPSA) is 24.9 Å². The second-order valence-corrected chi connectivity index (χ2v) is 6.85. The number of hydrogen-bond donors (Lipinski definition) is 1. The Morgan fingerprint density at radius 2 is 2.18 bits per heavy atom. The third-order valence-electron chi connectivity index (χ3n) is 2.08. The fraction of sp³-hybridized carbons (Fsp3) is 0.182. The van der Waals surface area contributed by atoms with Crippen molar-refractivity contribution in [3.05, 3.63) is 48.1 Å². The highest BCUT2D eigenvalue weighted by molar-refractivity contribution is 14.1. The molecule has 0 amide bonds. The average molecular weight is 427 g/mol. The van der Waals surface area contributed by atoms with Crippen LogP contribution in [0, 0.1) is 9.39 Å². The Morgan fingerprint density at radius 1 is 1.35 bits per heavy atom. The maximum atomic E-state index is 13.1. The zero-order valence-electron chi connectivity index (χ0n) is 8.71. The molecule has 17 heavy (non-hydrogen) atoms. The molecule has 2 nitrogen and oxygen atoms in total. The van der Waals surface area contributed by atoms with Crippen LogP contribution in [0.25, 0.3) is 0 Å². The zero-order chi connectivity index (χ0) is 12.3. The highest BCUT2D eigenvalue weighted by Gasteiger charge is 2.01. The number of halogens is 3. The summed E-state index contributed by atoms with van der Waals surface area (Å²) >= 11 is 6.99. The quantitative estimate of drug-likeness (QED) is 0.749. The van der Waals surface area contributed by atoms with E-state index in [1.54, 1.807) is 17.4 Å². The predicted octanol–water partition coefficient (Wildman–Crippen LogP) is 3.94. The van der Waals surface area contributed by atoms with Crippen molar-refractivity contribution in [1.29, 1.82) is 0 Å². The lowest BCUT2D eigenvalue weighted by Crippen LogP contribution is -2.13. The first-order chi connectivity index (χ1) is 8.13. The van der Waals surface area contributed by atoms with Crippen LogP contribution in [0.4, 0.5) is 4.39 Å². The summed E-state index contributed by atoms with van der Waals surface area (Å²) in [7, 11) is 0. The van der Waals surface area contributed by atoms with E-state index in [-0.39, 0.29) is 5.82 Å². The summed E-state index contributed by atoms with van der Waals surface area (Å²) in [6, 6.07) is 5.03. The lowest BCUT2D eigenvalue weighted by molar-refractivity contribution is 0.618. The summed E-state index contributed by atoms with van der Waals surface area (Å²) in [5, 5.41) is 5.23. The number of nitrogens with one attached hydrogen (secondary N) is 1. The van der Waals surface area contributed by atoms with Crippen molar-refractivity contribution in [2.45, 2.75) is 13.1 Å². The summed E-state index contributed by atoms with van der Waals surface area (Å²) in [5.74, 6) is -0.190. The fourth-order valence-electron chi connectivity index (χ4n) is 1.41. The first-order valence-corrected chi connectivity index (χ1v) is 7.64. The third-order valence-corrected chi connectivity index (χ3v) is 4.12. The van der Waals surface area contributed by atoms with Gasteiger partial charge < -0.3 is 5.32 Å². The normalized spacial score (nSPS) is 10.8. The molecular formula is C11H9BrFIN2S. The van der Waals surface area contributed by atoms with Crippen molar-refractivity contribution in [3.8, 4) is 0 Å². The number of nitrogens with zero attached hydrogens (tertiary/aromatic N) is 1. The molecule has 0 saturated heterocycles. The molecule has 0 aliphatic carbocycles. The van der Waals surface area contributed by atoms with Crippen LogP contribution in [-0.4, -0.2) is 4.98 Å². The van der Waals surface area contributed by atoms with E-state index >= 15 is 0 Å². The third kappa shape index (κ3) is 4.27. The smallest absolute Gasteiger partial charge is 0.159 e. The molecule has 0 bridgehead atoms. The lowest BCUT2D eigenvalue weighted by Gasteiger charge is -2.04. The van der Waals surface area contributed by atoms with Gasteiger partial charge in [-0.3, -0.25) is 0 Å². The summed E-state index contributed by atoms with van der Waals surface area (Å²) in [5.41, 5.74) is 1.94. The molecule has 6 heteroatoms. The molecule has 90 valence electrons. The minimum atomic E-state index is -0.190. The molecule has 0 aliphatic rings. The van der Waals surface area contributed by atoms with Crippen molar-refractivity contribution in [1.82, 2.24) is 10.3 Å². The molecule has 1 N–H and O–H groups in total. The standard InChI is InChI=1S/C11H9BrFIN2S/c12-11-16-10(6-17-11)5-15-4-7-1-8(13)3-9(14)2-7/h1-3,6,15H,4-5H2. The zero-order valence-corrected chi connectivity index (χ0v) is 13.3. The number of thiazole rings is 1. The first-order valence-electron chi connectivity index (χ1n) is 4.89. The van der Waals surface area contributed by atoms with Gasteiger partial charge >= 0.3 is 0 Å². The molecule has 0 fully saturated rings. The van der Waals surface area contributed by atoms with Gasteiger partial charge in [0.15, 0.2) is 3.92 Å². The molecule has 0 spiro atoms. The molecule has 2 aromatic rings. The summed E-state index contributed by atoms with van der Waals surface area (Å²) < 4.78 is 14.9. The molecule has 1 heterocycles. The Bertz CT molecular complexity index is 498. The van der Waals surface area contributed by atoms with Crippen LogP contribution in [-0.2, 0) is 13.1 Å². The van der Waals surface area contributed by atoms with Gasteiger partial charge in [0.1, 0.15) is 5.82 Å². The Labute approximate surface area is 125 Å². The Kier molecular flexibility index (Phi) is 4.89. The van der Waals surface area contributed by atoms with Gasteiger partial charge in [0.05, 0.1) is 5.69 Å². The monoisotopic (exact) mass is 426 g/mol. The van der Waals surface area contributed by atoms with Crippen molar-refractivity contribution in [2.75, 3.05) is 0 Å². The average Bonchev–Trinajstić information content (AvgIpc) is 2.63. The van der Waals surface area contributed by atoms with E-state index < -0.39 is 0 Å². The molecule has 0 unspecified atom stereocenters. The molecule has 2 rings (SSSR count). The Morgan fingerprint density at radius 3 is 2.82 bits per heavy atom. The van der Waals surface area contributed by atoms with Gasteiger partial charge in [0.25, 0.3) is 0 Å². The summed E-state index contributed by atoms with van der Waals surface area (Å²) in [6.45, 7) is 1.33. The molecule has 0 radical (unpaired) electrons. The minimum absolute atomic E-state index is 0.190. The van der Waals surface area contributed by atoms with Crippen LogP contribution < -0.4 is 5.32 Å². The minimum Gasteiger partial charge on any atom is -0.307 e. The number of aromatic nitrogens is 1. The lowest BCUT2D eigenvalue weighted by atomic mass is 10.2. The highest BCUT2D eigenvalue weighted by Crippen LogP contribution is 2.16. The van der Waals surface area contributed by atoms with Crippen molar-refractivity contribution in [2.24, 2.45) is 0 Å². The van der Waals surface area contributed by atoms with E-state index in [0.29, 0.717) is 13.1 Å². The molecular weight excluding hydrogens is 418 g/mol. The number of benzene rings is 1. The van der Waals surface area contributed by atoms with Crippen LogP contribution in [0.1, 0.15) is 11.3 Å². The molecule has 0 aliphatic heterocycles. The summed E-state index contributed by atoms with van der Waals surface area (Å²) in [6.07, 6.45) is 0. The van der Waals surface area contributed by atoms with Crippen LogP contribution >= 0.6 is 49.9 Å². The number of rotatable bonds is 4. The van der Waals surface area contributed by atoms with Gasteiger partial charge in [-0.05, 0) is 62.3 Å². The van der Waals surface area contributed by atoms with E-state index in [1.807, 2.05) is 11.4 Å². The van der Waals surface area contributed by atoms with Crippen molar-refractivity contribution >= 4 is 49.9 Å². The van der Waals surface area contributed by atoms with E-state index in [4.69, 9.17) is 0 Å². The van der Waals surface area contributed by atoms with E-state index in [9.17, 15) is 4.39 Å². The second kappa shape index (κ2) is 6.21. The van der Waals surface area contributed by atoms with E-state index in [1.165, 1.54) is 6.07 Å². The van der Waals surface area contributed by atoms with Gasteiger partial charge in [-0.15, -0.1) is 11.3 Å². The van der Waals surface area contributed by atoms with Crippen molar-refractivity contribution in [3.63, 3.8) is 0 Å². The Hall–Kier alpha value is -0.0500.